The van der Waals surface area contributed by atoms with Gasteiger partial charge >= 0.3 is 0 Å². The molecule has 1 aliphatic carbocycles. The Kier molecular flexibility index (Phi) is 3.43. The number of nitriles is 1. The highest BCUT2D eigenvalue weighted by Crippen LogP contribution is 2.26. The fraction of sp³-hybridized carbons (Fsp3) is 0.462. The van der Waals surface area contributed by atoms with Crippen LogP contribution in [0, 0.1) is 11.3 Å². The predicted octanol–water partition coefficient (Wildman–Crippen LogP) is 2.54. The summed E-state index contributed by atoms with van der Waals surface area (Å²) in [6, 6.07) is 10.3. The summed E-state index contributed by atoms with van der Waals surface area (Å²) in [6.45, 7) is 0. The molecule has 2 atom stereocenters. The number of para-hydroxylation sites is 1. The SMILES string of the molecule is COC1CCC(Nc2ccccc2C#N)C1. The van der Waals surface area contributed by atoms with Crippen LogP contribution in [0.4, 0.5) is 5.69 Å². The Labute approximate surface area is 96.0 Å². The van der Waals surface area contributed by atoms with Gasteiger partial charge in [-0.3, -0.25) is 0 Å². The second-order valence-corrected chi connectivity index (χ2v) is 4.17. The van der Waals surface area contributed by atoms with Gasteiger partial charge in [0.1, 0.15) is 6.07 Å². The molecule has 2 unspecified atom stereocenters. The molecule has 1 aliphatic rings. The zero-order valence-electron chi connectivity index (χ0n) is 9.44. The summed E-state index contributed by atoms with van der Waals surface area (Å²) in [6.07, 6.45) is 3.60. The quantitative estimate of drug-likeness (QED) is 0.844. The number of ether oxygens (including phenoxy) is 1. The van der Waals surface area contributed by atoms with E-state index in [4.69, 9.17) is 10.00 Å². The molecule has 0 spiro atoms. The first kappa shape index (κ1) is 11.0. The van der Waals surface area contributed by atoms with E-state index in [9.17, 15) is 0 Å². The van der Waals surface area contributed by atoms with Crippen LogP contribution in [0.3, 0.4) is 0 Å². The number of benzene rings is 1. The summed E-state index contributed by atoms with van der Waals surface area (Å²) in [5.74, 6) is 0. The van der Waals surface area contributed by atoms with E-state index in [1.165, 1.54) is 0 Å². The molecule has 0 radical (unpaired) electrons. The van der Waals surface area contributed by atoms with E-state index in [2.05, 4.69) is 11.4 Å². The molecule has 1 saturated carbocycles. The van der Waals surface area contributed by atoms with Gasteiger partial charge in [-0.05, 0) is 31.4 Å². The van der Waals surface area contributed by atoms with Crippen molar-refractivity contribution >= 4 is 5.69 Å². The Morgan fingerprint density at radius 1 is 1.38 bits per heavy atom. The molecular formula is C13H16N2O. The summed E-state index contributed by atoms with van der Waals surface area (Å²) in [5.41, 5.74) is 1.65. The van der Waals surface area contributed by atoms with Crippen LogP contribution in [0.2, 0.25) is 0 Å². The van der Waals surface area contributed by atoms with E-state index >= 15 is 0 Å². The van der Waals surface area contributed by atoms with Crippen LogP contribution in [-0.4, -0.2) is 19.3 Å². The summed E-state index contributed by atoms with van der Waals surface area (Å²) >= 11 is 0. The lowest BCUT2D eigenvalue weighted by molar-refractivity contribution is 0.108. The maximum atomic E-state index is 8.98. The zero-order chi connectivity index (χ0) is 11.4. The fourth-order valence-corrected chi connectivity index (χ4v) is 2.21. The van der Waals surface area contributed by atoms with E-state index < -0.39 is 0 Å². The van der Waals surface area contributed by atoms with Crippen LogP contribution < -0.4 is 5.32 Å². The molecule has 3 nitrogen and oxygen atoms in total. The first-order valence-electron chi connectivity index (χ1n) is 5.62. The van der Waals surface area contributed by atoms with Crippen molar-refractivity contribution in [3.63, 3.8) is 0 Å². The van der Waals surface area contributed by atoms with Crippen molar-refractivity contribution in [2.24, 2.45) is 0 Å². The number of hydrogen-bond donors (Lipinski definition) is 1. The van der Waals surface area contributed by atoms with Crippen LogP contribution in [0.5, 0.6) is 0 Å². The maximum Gasteiger partial charge on any atom is 0.101 e. The molecule has 1 aromatic carbocycles. The lowest BCUT2D eigenvalue weighted by Gasteiger charge is -2.15. The van der Waals surface area contributed by atoms with Crippen LogP contribution >= 0.6 is 0 Å². The normalized spacial score (nSPS) is 24.0. The van der Waals surface area contributed by atoms with E-state index in [-0.39, 0.29) is 0 Å². The lowest BCUT2D eigenvalue weighted by Crippen LogP contribution is -2.17. The smallest absolute Gasteiger partial charge is 0.101 e. The molecule has 0 bridgehead atoms. The van der Waals surface area contributed by atoms with Gasteiger partial charge in [0, 0.05) is 13.2 Å². The standard InChI is InChI=1S/C13H16N2O/c1-16-12-7-6-11(8-12)15-13-5-3-2-4-10(13)9-14/h2-5,11-12,15H,6-8H2,1H3. The third-order valence-corrected chi connectivity index (χ3v) is 3.12. The molecule has 2 rings (SSSR count). The summed E-state index contributed by atoms with van der Waals surface area (Å²) < 4.78 is 5.33. The first-order valence-corrected chi connectivity index (χ1v) is 5.62. The van der Waals surface area contributed by atoms with Crippen molar-refractivity contribution in [2.75, 3.05) is 12.4 Å². The van der Waals surface area contributed by atoms with Crippen molar-refractivity contribution < 1.29 is 4.74 Å². The molecule has 3 heteroatoms. The number of hydrogen-bond acceptors (Lipinski definition) is 3. The van der Waals surface area contributed by atoms with E-state index in [1.807, 2.05) is 24.3 Å². The molecule has 0 aromatic heterocycles. The van der Waals surface area contributed by atoms with Gasteiger partial charge in [0.05, 0.1) is 17.4 Å². The molecule has 0 aliphatic heterocycles. The molecule has 1 N–H and O–H groups in total. The molecule has 0 heterocycles. The summed E-state index contributed by atoms with van der Waals surface area (Å²) in [7, 11) is 1.76. The average Bonchev–Trinajstić information content (AvgIpc) is 2.77. The molecule has 0 saturated heterocycles. The number of methoxy groups -OCH3 is 1. The second kappa shape index (κ2) is 5.00. The van der Waals surface area contributed by atoms with Gasteiger partial charge in [-0.2, -0.15) is 5.26 Å². The Morgan fingerprint density at radius 3 is 2.88 bits per heavy atom. The molecule has 16 heavy (non-hydrogen) atoms. The van der Waals surface area contributed by atoms with Crippen LogP contribution in [-0.2, 0) is 4.74 Å². The lowest BCUT2D eigenvalue weighted by atomic mass is 10.1. The van der Waals surface area contributed by atoms with Gasteiger partial charge in [-0.1, -0.05) is 12.1 Å². The van der Waals surface area contributed by atoms with E-state index in [0.717, 1.165) is 24.9 Å². The highest BCUT2D eigenvalue weighted by Gasteiger charge is 2.24. The third-order valence-electron chi connectivity index (χ3n) is 3.12. The van der Waals surface area contributed by atoms with Crippen molar-refractivity contribution in [3.05, 3.63) is 29.8 Å². The molecule has 84 valence electrons. The van der Waals surface area contributed by atoms with Crippen molar-refractivity contribution in [1.29, 1.82) is 5.26 Å². The number of anilines is 1. The summed E-state index contributed by atoms with van der Waals surface area (Å²) in [4.78, 5) is 0. The predicted molar refractivity (Wildman–Crippen MR) is 63.2 cm³/mol. The molecule has 1 aromatic rings. The average molecular weight is 216 g/mol. The monoisotopic (exact) mass is 216 g/mol. The highest BCUT2D eigenvalue weighted by atomic mass is 16.5. The topological polar surface area (TPSA) is 45.0 Å². The van der Waals surface area contributed by atoms with Gasteiger partial charge in [-0.25, -0.2) is 0 Å². The van der Waals surface area contributed by atoms with Crippen LogP contribution in [0.25, 0.3) is 0 Å². The largest absolute Gasteiger partial charge is 0.381 e. The summed E-state index contributed by atoms with van der Waals surface area (Å²) in [5, 5.41) is 12.4. The van der Waals surface area contributed by atoms with Crippen LogP contribution in [0.15, 0.2) is 24.3 Å². The van der Waals surface area contributed by atoms with Crippen molar-refractivity contribution in [1.82, 2.24) is 0 Å². The number of rotatable bonds is 3. The van der Waals surface area contributed by atoms with Gasteiger partial charge in [-0.15, -0.1) is 0 Å². The Hall–Kier alpha value is -1.53. The minimum Gasteiger partial charge on any atom is -0.381 e. The van der Waals surface area contributed by atoms with Gasteiger partial charge in [0.25, 0.3) is 0 Å². The number of nitrogens with zero attached hydrogens (tertiary/aromatic N) is 1. The van der Waals surface area contributed by atoms with Gasteiger partial charge in [0.2, 0.25) is 0 Å². The van der Waals surface area contributed by atoms with Crippen molar-refractivity contribution in [2.45, 2.75) is 31.4 Å². The van der Waals surface area contributed by atoms with Gasteiger partial charge in [0.15, 0.2) is 0 Å². The highest BCUT2D eigenvalue weighted by molar-refractivity contribution is 5.57. The maximum absolute atomic E-state index is 8.98. The minimum atomic E-state index is 0.367. The minimum absolute atomic E-state index is 0.367. The van der Waals surface area contributed by atoms with Gasteiger partial charge < -0.3 is 10.1 Å². The number of nitrogens with one attached hydrogen (secondary N) is 1. The molecule has 0 amide bonds. The zero-order valence-corrected chi connectivity index (χ0v) is 9.44. The Balaban J connectivity index is 2.02. The van der Waals surface area contributed by atoms with Crippen molar-refractivity contribution in [3.8, 4) is 6.07 Å². The third kappa shape index (κ3) is 2.34. The van der Waals surface area contributed by atoms with Crippen LogP contribution in [0.1, 0.15) is 24.8 Å². The first-order chi connectivity index (χ1) is 7.83. The van der Waals surface area contributed by atoms with E-state index in [0.29, 0.717) is 17.7 Å². The van der Waals surface area contributed by atoms with E-state index in [1.54, 1.807) is 7.11 Å². The fourth-order valence-electron chi connectivity index (χ4n) is 2.21. The Bertz CT molecular complexity index is 397. The molecule has 1 fully saturated rings. The second-order valence-electron chi connectivity index (χ2n) is 4.17. The molecular weight excluding hydrogens is 200 g/mol. The Morgan fingerprint density at radius 2 is 2.19 bits per heavy atom.